The van der Waals surface area contributed by atoms with E-state index in [4.69, 9.17) is 21.2 Å². The first kappa shape index (κ1) is 27.7. The van der Waals surface area contributed by atoms with Gasteiger partial charge >= 0.3 is 13.8 Å². The van der Waals surface area contributed by atoms with Crippen molar-refractivity contribution < 1.29 is 47.1 Å². The highest BCUT2D eigenvalue weighted by Gasteiger charge is 2.44. The van der Waals surface area contributed by atoms with Crippen LogP contribution in [0.4, 0.5) is 19.0 Å². The molecule has 16 heteroatoms. The molecule has 6 atom stereocenters. The molecule has 0 amide bonds. The first-order chi connectivity index (χ1) is 17.2. The number of aliphatic hydroxyl groups is 2. The fourth-order valence-electron chi connectivity index (χ4n) is 3.86. The average molecular weight is 567 g/mol. The molecular weight excluding hydrogens is 544 g/mol. The number of fused-ring (bicyclic) bond motifs is 1. The van der Waals surface area contributed by atoms with Crippen LogP contribution in [0.3, 0.4) is 0 Å². The zero-order chi connectivity index (χ0) is 27.1. The fourth-order valence-corrected chi connectivity index (χ4v) is 4.28. The zero-order valence-corrected chi connectivity index (χ0v) is 21.0. The number of aliphatic hydroxyl groups excluding tert-OH is 2. The number of alkyl halides is 3. The Balaban J connectivity index is 1.55. The van der Waals surface area contributed by atoms with Gasteiger partial charge in [-0.15, -0.1) is 4.67 Å². The Hall–Kier alpha value is -2.29. The second-order valence-electron chi connectivity index (χ2n) is 8.50. The highest BCUT2D eigenvalue weighted by molar-refractivity contribution is 7.51. The van der Waals surface area contributed by atoms with Crippen molar-refractivity contribution >= 4 is 36.0 Å². The molecule has 0 radical (unpaired) electrons. The number of benzene rings is 1. The Morgan fingerprint density at radius 2 is 1.89 bits per heavy atom. The van der Waals surface area contributed by atoms with Crippen LogP contribution in [0.25, 0.3) is 11.0 Å². The summed E-state index contributed by atoms with van der Waals surface area (Å²) in [5.74, 6) is 0.282. The first-order valence-electron chi connectivity index (χ1n) is 10.9. The van der Waals surface area contributed by atoms with Crippen molar-refractivity contribution in [1.29, 1.82) is 0 Å². The third-order valence-corrected chi connectivity index (χ3v) is 6.22. The summed E-state index contributed by atoms with van der Waals surface area (Å²) in [5, 5.41) is 24.3. The molecule has 3 aromatic rings. The number of rotatable bonds is 8. The fraction of sp³-hybridized carbons (Fsp3) is 0.429. The van der Waals surface area contributed by atoms with E-state index in [1.165, 1.54) is 22.9 Å². The van der Waals surface area contributed by atoms with Crippen molar-refractivity contribution in [3.63, 3.8) is 0 Å². The predicted octanol–water partition coefficient (Wildman–Crippen LogP) is 3.66. The van der Waals surface area contributed by atoms with E-state index in [0.29, 0.717) is 10.9 Å². The molecule has 4 rings (SSSR count). The lowest BCUT2D eigenvalue weighted by Gasteiger charge is -2.19. The van der Waals surface area contributed by atoms with Gasteiger partial charge in [0.2, 0.25) is 5.28 Å². The van der Waals surface area contributed by atoms with Crippen LogP contribution in [0.2, 0.25) is 5.28 Å². The third kappa shape index (κ3) is 6.24. The van der Waals surface area contributed by atoms with Crippen LogP contribution in [0, 0.1) is 0 Å². The number of hydrogen-bond acceptors (Lipinski definition) is 9. The maximum atomic E-state index is 12.9. The normalized spacial score (nSPS) is 24.8. The van der Waals surface area contributed by atoms with Crippen LogP contribution in [0.1, 0.15) is 30.3 Å². The molecule has 3 heterocycles. The minimum Gasteiger partial charge on any atom is -0.387 e. The molecule has 1 aliphatic heterocycles. The summed E-state index contributed by atoms with van der Waals surface area (Å²) in [6.07, 6.45) is -8.00. The van der Waals surface area contributed by atoms with Gasteiger partial charge < -0.3 is 29.7 Å². The molecule has 1 saturated heterocycles. The van der Waals surface area contributed by atoms with E-state index >= 15 is 0 Å². The van der Waals surface area contributed by atoms with E-state index in [1.807, 2.05) is 0 Å². The summed E-state index contributed by atoms with van der Waals surface area (Å²) in [4.78, 5) is 22.2. The van der Waals surface area contributed by atoms with Crippen LogP contribution >= 0.6 is 19.2 Å². The largest absolute Gasteiger partial charge is 0.416 e. The number of ether oxygens (including phenoxy) is 1. The van der Waals surface area contributed by atoms with Crippen molar-refractivity contribution in [2.75, 3.05) is 18.6 Å². The standard InChI is InChI=1S/C21H23ClF3N4O7P/c1-10(11-3-5-12(6-4-11)21(23,24)25)26-17-13-7-8-29(18(13)28-20(22)27-17)19-16(31)15(30)14(35-19)9-34-36-37(2,32)33/h3-8,10,14-16,19,30-31H,9H2,1-2H3,(H,32,33)(H,26,27,28)/t10?,14-,15-,16-,19-/m1/s1. The van der Waals surface area contributed by atoms with Crippen molar-refractivity contribution in [3.8, 4) is 0 Å². The third-order valence-electron chi connectivity index (χ3n) is 5.67. The minimum absolute atomic E-state index is 0.155. The Morgan fingerprint density at radius 3 is 2.51 bits per heavy atom. The van der Waals surface area contributed by atoms with Crippen LogP contribution in [-0.2, 0) is 25.0 Å². The molecule has 1 aliphatic rings. The summed E-state index contributed by atoms with van der Waals surface area (Å²) in [6, 6.07) is 5.84. The highest BCUT2D eigenvalue weighted by Crippen LogP contribution is 2.38. The number of hydrogen-bond donors (Lipinski definition) is 4. The summed E-state index contributed by atoms with van der Waals surface area (Å²) in [6.45, 7) is 2.20. The monoisotopic (exact) mass is 566 g/mol. The lowest BCUT2D eigenvalue weighted by Crippen LogP contribution is -2.33. The molecule has 2 unspecified atom stereocenters. The number of nitrogens with one attached hydrogen (secondary N) is 1. The van der Waals surface area contributed by atoms with Gasteiger partial charge in [0, 0.05) is 18.9 Å². The van der Waals surface area contributed by atoms with E-state index in [1.54, 1.807) is 13.0 Å². The summed E-state index contributed by atoms with van der Waals surface area (Å²) in [7, 11) is -3.92. The maximum absolute atomic E-state index is 12.9. The van der Waals surface area contributed by atoms with Crippen LogP contribution < -0.4 is 5.32 Å². The lowest BCUT2D eigenvalue weighted by molar-refractivity contribution is -0.238. The Labute approximate surface area is 213 Å². The van der Waals surface area contributed by atoms with E-state index in [9.17, 15) is 27.9 Å². The average Bonchev–Trinajstić information content (AvgIpc) is 3.34. The SMILES string of the molecule is CC(Nc1nc(Cl)nc2c1ccn2[C@@H]1O[C@H](COOP(C)(=O)O)[C@@H](O)[C@H]1O)c1ccc(C(F)(F)F)cc1. The second kappa shape index (κ2) is 10.5. The molecule has 202 valence electrons. The molecule has 1 aromatic carbocycles. The van der Waals surface area contributed by atoms with Crippen molar-refractivity contribution in [2.45, 2.75) is 43.7 Å². The van der Waals surface area contributed by atoms with Gasteiger partial charge in [0.15, 0.2) is 6.23 Å². The van der Waals surface area contributed by atoms with Gasteiger partial charge in [0.05, 0.1) is 10.9 Å². The minimum atomic E-state index is -4.44. The van der Waals surface area contributed by atoms with Crippen LogP contribution in [0.15, 0.2) is 36.5 Å². The smallest absolute Gasteiger partial charge is 0.387 e. The van der Waals surface area contributed by atoms with Crippen molar-refractivity contribution in [3.05, 3.63) is 52.9 Å². The molecule has 11 nitrogen and oxygen atoms in total. The molecule has 0 aliphatic carbocycles. The molecule has 0 bridgehead atoms. The van der Waals surface area contributed by atoms with E-state index in [2.05, 4.69) is 24.8 Å². The summed E-state index contributed by atoms with van der Waals surface area (Å²) in [5.41, 5.74) is 0.0443. The van der Waals surface area contributed by atoms with Crippen molar-refractivity contribution in [2.24, 2.45) is 0 Å². The molecule has 4 N–H and O–H groups in total. The van der Waals surface area contributed by atoms with Gasteiger partial charge in [-0.05, 0) is 42.3 Å². The lowest BCUT2D eigenvalue weighted by atomic mass is 10.1. The van der Waals surface area contributed by atoms with Crippen LogP contribution in [-0.4, -0.2) is 61.2 Å². The number of aromatic nitrogens is 3. The molecule has 0 saturated carbocycles. The quantitative estimate of drug-likeness (QED) is 0.138. The highest BCUT2D eigenvalue weighted by atomic mass is 35.5. The van der Waals surface area contributed by atoms with Crippen LogP contribution in [0.5, 0.6) is 0 Å². The van der Waals surface area contributed by atoms with Gasteiger partial charge in [0.25, 0.3) is 0 Å². The van der Waals surface area contributed by atoms with Crippen molar-refractivity contribution in [1.82, 2.24) is 14.5 Å². The predicted molar refractivity (Wildman–Crippen MR) is 125 cm³/mol. The number of anilines is 1. The molecule has 2 aromatic heterocycles. The molecule has 37 heavy (non-hydrogen) atoms. The molecule has 0 spiro atoms. The molecule has 1 fully saturated rings. The van der Waals surface area contributed by atoms with Gasteiger partial charge in [-0.25, -0.2) is 9.87 Å². The Bertz CT molecular complexity index is 1300. The van der Waals surface area contributed by atoms with Gasteiger partial charge in [-0.3, -0.25) is 4.57 Å². The van der Waals surface area contributed by atoms with E-state index in [-0.39, 0.29) is 16.7 Å². The Morgan fingerprint density at radius 1 is 1.22 bits per heavy atom. The Kier molecular flexibility index (Phi) is 7.84. The number of halogens is 4. The topological polar surface area (TPSA) is 148 Å². The number of nitrogens with zero attached hydrogens (tertiary/aromatic N) is 3. The summed E-state index contributed by atoms with van der Waals surface area (Å²) >= 11 is 6.12. The first-order valence-corrected chi connectivity index (χ1v) is 13.3. The van der Waals surface area contributed by atoms with Gasteiger partial charge in [-0.2, -0.15) is 18.2 Å². The summed E-state index contributed by atoms with van der Waals surface area (Å²) < 4.78 is 61.3. The van der Waals surface area contributed by atoms with Gasteiger partial charge in [0.1, 0.15) is 36.4 Å². The molecular formula is C21H23ClF3N4O7P. The van der Waals surface area contributed by atoms with E-state index < -0.39 is 56.5 Å². The zero-order valence-electron chi connectivity index (χ0n) is 19.3. The second-order valence-corrected chi connectivity index (χ2v) is 10.6. The maximum Gasteiger partial charge on any atom is 0.416 e. The van der Waals surface area contributed by atoms with E-state index in [0.717, 1.165) is 18.8 Å². The van der Waals surface area contributed by atoms with Gasteiger partial charge in [-0.1, -0.05) is 12.1 Å².